The summed E-state index contributed by atoms with van der Waals surface area (Å²) in [4.78, 5) is 42.4. The highest BCUT2D eigenvalue weighted by Gasteiger charge is 2.18. The van der Waals surface area contributed by atoms with Gasteiger partial charge in [0.15, 0.2) is 0 Å². The molecule has 2 amide bonds. The van der Waals surface area contributed by atoms with E-state index in [1.807, 2.05) is 13.0 Å². The Morgan fingerprint density at radius 1 is 1.19 bits per heavy atom. The third kappa shape index (κ3) is 4.06. The number of benzene rings is 1. The van der Waals surface area contributed by atoms with E-state index in [0.717, 1.165) is 11.3 Å². The quantitative estimate of drug-likeness (QED) is 0.706. The average Bonchev–Trinajstić information content (AvgIpc) is 3.07. The number of aryl methyl sites for hydroxylation is 1. The van der Waals surface area contributed by atoms with Crippen molar-refractivity contribution in [2.45, 2.75) is 33.2 Å². The zero-order valence-electron chi connectivity index (χ0n) is 15.3. The number of thiophene rings is 1. The molecule has 3 aromatic rings. The number of hydrogen-bond donors (Lipinski definition) is 2. The van der Waals surface area contributed by atoms with Crippen molar-refractivity contribution in [1.82, 2.24) is 9.55 Å². The van der Waals surface area contributed by atoms with Crippen molar-refractivity contribution in [2.75, 3.05) is 10.6 Å². The Morgan fingerprint density at radius 2 is 1.81 bits per heavy atom. The highest BCUT2D eigenvalue weighted by atomic mass is 32.1. The number of fused-ring (bicyclic) bond motifs is 1. The largest absolute Gasteiger partial charge is 0.326 e. The van der Waals surface area contributed by atoms with Crippen LogP contribution < -0.4 is 16.2 Å². The van der Waals surface area contributed by atoms with E-state index in [4.69, 9.17) is 0 Å². The summed E-state index contributed by atoms with van der Waals surface area (Å²) in [6.45, 7) is 5.11. The van der Waals surface area contributed by atoms with Gasteiger partial charge in [0.25, 0.3) is 5.56 Å². The van der Waals surface area contributed by atoms with Gasteiger partial charge in [-0.1, -0.05) is 6.92 Å². The van der Waals surface area contributed by atoms with Crippen LogP contribution in [0.5, 0.6) is 0 Å². The SMILES string of the molecule is CCc1cc2c(=O)n(C(C)C(=O)Nc3ccc(NC(C)=O)cc3)cnc2s1. The van der Waals surface area contributed by atoms with Crippen LogP contribution in [0.15, 0.2) is 41.5 Å². The number of carbonyl (C=O) groups is 2. The van der Waals surface area contributed by atoms with Gasteiger partial charge in [0, 0.05) is 23.2 Å². The standard InChI is InChI=1S/C19H20N4O3S/c1-4-15-9-16-18(27-15)20-10-23(19(16)26)11(2)17(25)22-14-7-5-13(6-8-14)21-12(3)24/h5-11H,4H2,1-3H3,(H,21,24)(H,22,25). The molecule has 8 heteroatoms. The predicted octanol–water partition coefficient (Wildman–Crippen LogP) is 3.18. The lowest BCUT2D eigenvalue weighted by molar-refractivity contribution is -0.119. The number of nitrogens with one attached hydrogen (secondary N) is 2. The van der Waals surface area contributed by atoms with Crippen LogP contribution in [0, 0.1) is 0 Å². The molecule has 1 atom stereocenters. The Hall–Kier alpha value is -3.00. The fraction of sp³-hybridized carbons (Fsp3) is 0.263. The van der Waals surface area contributed by atoms with Crippen LogP contribution in [-0.4, -0.2) is 21.4 Å². The summed E-state index contributed by atoms with van der Waals surface area (Å²) < 4.78 is 1.34. The van der Waals surface area contributed by atoms with Crippen molar-refractivity contribution in [3.63, 3.8) is 0 Å². The molecule has 0 radical (unpaired) electrons. The zero-order chi connectivity index (χ0) is 19.6. The van der Waals surface area contributed by atoms with E-state index >= 15 is 0 Å². The monoisotopic (exact) mass is 384 g/mol. The van der Waals surface area contributed by atoms with Crippen molar-refractivity contribution in [1.29, 1.82) is 0 Å². The Bertz CT molecular complexity index is 1050. The van der Waals surface area contributed by atoms with E-state index in [9.17, 15) is 14.4 Å². The Labute approximate surface area is 160 Å². The second-order valence-electron chi connectivity index (χ2n) is 6.17. The lowest BCUT2D eigenvalue weighted by Gasteiger charge is -2.15. The maximum atomic E-state index is 12.7. The van der Waals surface area contributed by atoms with Gasteiger partial charge >= 0.3 is 0 Å². The molecule has 0 fully saturated rings. The molecule has 0 aliphatic carbocycles. The molecule has 1 unspecified atom stereocenters. The lowest BCUT2D eigenvalue weighted by Crippen LogP contribution is -2.31. The molecular weight excluding hydrogens is 364 g/mol. The van der Waals surface area contributed by atoms with Crippen molar-refractivity contribution >= 4 is 44.7 Å². The zero-order valence-corrected chi connectivity index (χ0v) is 16.1. The molecule has 27 heavy (non-hydrogen) atoms. The van der Waals surface area contributed by atoms with Gasteiger partial charge in [-0.3, -0.25) is 19.0 Å². The molecule has 7 nitrogen and oxygen atoms in total. The number of hydrogen-bond acceptors (Lipinski definition) is 5. The van der Waals surface area contributed by atoms with Gasteiger partial charge < -0.3 is 10.6 Å². The Kier molecular flexibility index (Phi) is 5.36. The Balaban J connectivity index is 1.79. The second-order valence-corrected chi connectivity index (χ2v) is 7.28. The maximum absolute atomic E-state index is 12.7. The van der Waals surface area contributed by atoms with Crippen molar-refractivity contribution in [3.05, 3.63) is 51.9 Å². The number of nitrogens with zero attached hydrogens (tertiary/aromatic N) is 2. The molecule has 0 spiro atoms. The average molecular weight is 384 g/mol. The van der Waals surface area contributed by atoms with Crippen LogP contribution in [0.4, 0.5) is 11.4 Å². The van der Waals surface area contributed by atoms with E-state index in [2.05, 4.69) is 15.6 Å². The topological polar surface area (TPSA) is 93.1 Å². The molecule has 0 bridgehead atoms. The van der Waals surface area contributed by atoms with E-state index < -0.39 is 6.04 Å². The highest BCUT2D eigenvalue weighted by molar-refractivity contribution is 7.18. The molecule has 0 aliphatic rings. The molecule has 2 heterocycles. The van der Waals surface area contributed by atoms with Gasteiger partial charge in [-0.05, 0) is 43.7 Å². The van der Waals surface area contributed by atoms with E-state index in [1.165, 1.54) is 29.2 Å². The van der Waals surface area contributed by atoms with Gasteiger partial charge in [-0.15, -0.1) is 11.3 Å². The first kappa shape index (κ1) is 18.8. The van der Waals surface area contributed by atoms with Crippen molar-refractivity contribution in [3.8, 4) is 0 Å². The molecular formula is C19H20N4O3S. The predicted molar refractivity (Wildman–Crippen MR) is 107 cm³/mol. The summed E-state index contributed by atoms with van der Waals surface area (Å²) in [5.74, 6) is -0.487. The fourth-order valence-electron chi connectivity index (χ4n) is 2.65. The van der Waals surface area contributed by atoms with Gasteiger partial charge in [0.2, 0.25) is 11.8 Å². The first-order valence-electron chi connectivity index (χ1n) is 8.57. The molecule has 2 N–H and O–H groups in total. The minimum Gasteiger partial charge on any atom is -0.326 e. The van der Waals surface area contributed by atoms with Crippen LogP contribution in [0.1, 0.15) is 31.7 Å². The minimum absolute atomic E-state index is 0.165. The molecule has 0 saturated carbocycles. The molecule has 3 rings (SSSR count). The number of amides is 2. The number of anilines is 2. The third-order valence-electron chi connectivity index (χ3n) is 4.15. The minimum atomic E-state index is -0.714. The van der Waals surface area contributed by atoms with E-state index in [-0.39, 0.29) is 17.4 Å². The van der Waals surface area contributed by atoms with Crippen LogP contribution in [0.25, 0.3) is 10.2 Å². The molecule has 0 aliphatic heterocycles. The summed E-state index contributed by atoms with van der Waals surface area (Å²) >= 11 is 1.49. The lowest BCUT2D eigenvalue weighted by atomic mass is 10.2. The van der Waals surface area contributed by atoms with Crippen LogP contribution >= 0.6 is 11.3 Å². The van der Waals surface area contributed by atoms with Gasteiger partial charge in [-0.25, -0.2) is 4.98 Å². The van der Waals surface area contributed by atoms with Crippen molar-refractivity contribution in [2.24, 2.45) is 0 Å². The smallest absolute Gasteiger partial charge is 0.262 e. The molecule has 2 aromatic heterocycles. The normalized spacial score (nSPS) is 12.0. The highest BCUT2D eigenvalue weighted by Crippen LogP contribution is 2.22. The first-order valence-corrected chi connectivity index (χ1v) is 9.38. The summed E-state index contributed by atoms with van der Waals surface area (Å²) in [7, 11) is 0. The van der Waals surface area contributed by atoms with Crippen molar-refractivity contribution < 1.29 is 9.59 Å². The summed E-state index contributed by atoms with van der Waals surface area (Å²) in [5.41, 5.74) is 0.995. The second kappa shape index (κ2) is 7.71. The molecule has 140 valence electrons. The number of carbonyl (C=O) groups excluding carboxylic acids is 2. The first-order chi connectivity index (χ1) is 12.9. The van der Waals surface area contributed by atoms with E-state index in [0.29, 0.717) is 21.6 Å². The van der Waals surface area contributed by atoms with Gasteiger partial charge in [0.05, 0.1) is 11.7 Å². The van der Waals surface area contributed by atoms with Gasteiger partial charge in [-0.2, -0.15) is 0 Å². The number of aromatic nitrogens is 2. The van der Waals surface area contributed by atoms with E-state index in [1.54, 1.807) is 31.2 Å². The maximum Gasteiger partial charge on any atom is 0.262 e. The molecule has 1 aromatic carbocycles. The molecule has 0 saturated heterocycles. The third-order valence-corrected chi connectivity index (χ3v) is 5.33. The summed E-state index contributed by atoms with van der Waals surface area (Å²) in [5, 5.41) is 5.98. The van der Waals surface area contributed by atoms with Crippen LogP contribution in [0.3, 0.4) is 0 Å². The fourth-order valence-corrected chi connectivity index (χ4v) is 3.58. The number of rotatable bonds is 5. The van der Waals surface area contributed by atoms with Gasteiger partial charge in [0.1, 0.15) is 10.9 Å². The van der Waals surface area contributed by atoms with Crippen LogP contribution in [0.2, 0.25) is 0 Å². The summed E-state index contributed by atoms with van der Waals surface area (Å²) in [6.07, 6.45) is 2.26. The van der Waals surface area contributed by atoms with Crippen LogP contribution in [-0.2, 0) is 16.0 Å². The Morgan fingerprint density at radius 3 is 2.41 bits per heavy atom. The summed E-state index contributed by atoms with van der Waals surface area (Å²) in [6, 6.07) is 7.89.